The number of piperazine rings is 1. The lowest BCUT2D eigenvalue weighted by atomic mass is 10.3. The zero-order valence-electron chi connectivity index (χ0n) is 9.45. The average Bonchev–Trinajstić information content (AvgIpc) is 2.23. The molecule has 0 aliphatic carbocycles. The molecule has 0 radical (unpaired) electrons. The maximum atomic E-state index is 11.4. The van der Waals surface area contributed by atoms with Gasteiger partial charge in [-0.2, -0.15) is 0 Å². The molecule has 1 aliphatic rings. The summed E-state index contributed by atoms with van der Waals surface area (Å²) < 4.78 is 0. The maximum absolute atomic E-state index is 11.4. The SMILES string of the molecule is CCN(CC)CCN1C(=O)CNCC1=O. The van der Waals surface area contributed by atoms with Crippen LogP contribution in [-0.2, 0) is 9.59 Å². The first-order valence-corrected chi connectivity index (χ1v) is 5.45. The van der Waals surface area contributed by atoms with Crippen molar-refractivity contribution in [2.75, 3.05) is 39.3 Å². The molecule has 1 saturated heterocycles. The minimum atomic E-state index is -0.113. The second-order valence-electron chi connectivity index (χ2n) is 3.57. The molecule has 5 nitrogen and oxygen atoms in total. The van der Waals surface area contributed by atoms with Gasteiger partial charge in [0.25, 0.3) is 0 Å². The van der Waals surface area contributed by atoms with Gasteiger partial charge in [-0.05, 0) is 13.1 Å². The van der Waals surface area contributed by atoms with Crippen molar-refractivity contribution in [3.63, 3.8) is 0 Å². The summed E-state index contributed by atoms with van der Waals surface area (Å²) in [6, 6.07) is 0. The molecule has 0 aromatic rings. The van der Waals surface area contributed by atoms with E-state index >= 15 is 0 Å². The van der Waals surface area contributed by atoms with Crippen LogP contribution in [0.25, 0.3) is 0 Å². The van der Waals surface area contributed by atoms with Gasteiger partial charge in [-0.3, -0.25) is 19.8 Å². The molecular formula is C10H19N3O2. The lowest BCUT2D eigenvalue weighted by molar-refractivity contribution is -0.146. The highest BCUT2D eigenvalue weighted by molar-refractivity contribution is 5.99. The van der Waals surface area contributed by atoms with Crippen molar-refractivity contribution in [2.45, 2.75) is 13.8 Å². The molecule has 5 heteroatoms. The number of carbonyl (C=O) groups excluding carboxylic acids is 2. The topological polar surface area (TPSA) is 52.6 Å². The summed E-state index contributed by atoms with van der Waals surface area (Å²) in [5.74, 6) is -0.225. The van der Waals surface area contributed by atoms with E-state index in [2.05, 4.69) is 24.1 Å². The highest BCUT2D eigenvalue weighted by atomic mass is 16.2. The molecule has 0 bridgehead atoms. The largest absolute Gasteiger partial charge is 0.302 e. The number of likely N-dealkylation sites (N-methyl/N-ethyl adjacent to an activating group) is 1. The lowest BCUT2D eigenvalue weighted by Gasteiger charge is -2.28. The first kappa shape index (κ1) is 12.1. The Bertz CT molecular complexity index is 223. The third-order valence-electron chi connectivity index (χ3n) is 2.69. The summed E-state index contributed by atoms with van der Waals surface area (Å²) >= 11 is 0. The Hall–Kier alpha value is -0.940. The van der Waals surface area contributed by atoms with Crippen molar-refractivity contribution in [3.8, 4) is 0 Å². The van der Waals surface area contributed by atoms with Gasteiger partial charge in [0.2, 0.25) is 11.8 Å². The van der Waals surface area contributed by atoms with Crippen LogP contribution < -0.4 is 5.32 Å². The van der Waals surface area contributed by atoms with Crippen molar-refractivity contribution >= 4 is 11.8 Å². The molecule has 1 heterocycles. The van der Waals surface area contributed by atoms with Crippen molar-refractivity contribution < 1.29 is 9.59 Å². The van der Waals surface area contributed by atoms with Crippen LogP contribution in [0.4, 0.5) is 0 Å². The van der Waals surface area contributed by atoms with Crippen LogP contribution in [0.5, 0.6) is 0 Å². The van der Waals surface area contributed by atoms with Gasteiger partial charge >= 0.3 is 0 Å². The molecule has 0 atom stereocenters. The van der Waals surface area contributed by atoms with Gasteiger partial charge in [0, 0.05) is 13.1 Å². The summed E-state index contributed by atoms with van der Waals surface area (Å²) in [6.45, 7) is 7.89. The van der Waals surface area contributed by atoms with Crippen molar-refractivity contribution in [3.05, 3.63) is 0 Å². The van der Waals surface area contributed by atoms with E-state index in [9.17, 15) is 9.59 Å². The van der Waals surface area contributed by atoms with Gasteiger partial charge in [-0.15, -0.1) is 0 Å². The van der Waals surface area contributed by atoms with Gasteiger partial charge < -0.3 is 4.90 Å². The zero-order valence-corrected chi connectivity index (χ0v) is 9.45. The van der Waals surface area contributed by atoms with Crippen LogP contribution >= 0.6 is 0 Å². The number of carbonyl (C=O) groups is 2. The van der Waals surface area contributed by atoms with Crippen LogP contribution in [-0.4, -0.2) is 60.9 Å². The first-order chi connectivity index (χ1) is 7.19. The smallest absolute Gasteiger partial charge is 0.243 e. The minimum Gasteiger partial charge on any atom is -0.302 e. The van der Waals surface area contributed by atoms with Crippen molar-refractivity contribution in [1.29, 1.82) is 0 Å². The molecule has 0 saturated carbocycles. The fourth-order valence-electron chi connectivity index (χ4n) is 1.64. The standard InChI is InChI=1S/C10H19N3O2/c1-3-12(4-2)5-6-13-9(14)7-11-8-10(13)15/h11H,3-8H2,1-2H3. The van der Waals surface area contributed by atoms with E-state index in [1.54, 1.807) is 0 Å². The molecule has 0 aromatic heterocycles. The predicted octanol–water partition coefficient (Wildman–Crippen LogP) is -0.713. The van der Waals surface area contributed by atoms with Crippen molar-refractivity contribution in [2.24, 2.45) is 0 Å². The molecule has 1 aliphatic heterocycles. The fourth-order valence-corrected chi connectivity index (χ4v) is 1.64. The van der Waals surface area contributed by atoms with Crippen LogP contribution in [0.2, 0.25) is 0 Å². The number of hydrogen-bond acceptors (Lipinski definition) is 4. The second kappa shape index (κ2) is 5.82. The minimum absolute atomic E-state index is 0.113. The molecule has 0 unspecified atom stereocenters. The monoisotopic (exact) mass is 213 g/mol. The molecule has 0 spiro atoms. The van der Waals surface area contributed by atoms with Gasteiger partial charge in [0.1, 0.15) is 0 Å². The summed E-state index contributed by atoms with van der Waals surface area (Å²) in [5.41, 5.74) is 0. The Morgan fingerprint density at radius 2 is 1.73 bits per heavy atom. The molecule has 1 fully saturated rings. The maximum Gasteiger partial charge on any atom is 0.243 e. The predicted molar refractivity (Wildman–Crippen MR) is 57.4 cm³/mol. The first-order valence-electron chi connectivity index (χ1n) is 5.45. The second-order valence-corrected chi connectivity index (χ2v) is 3.57. The number of nitrogens with one attached hydrogen (secondary N) is 1. The third-order valence-corrected chi connectivity index (χ3v) is 2.69. The molecular weight excluding hydrogens is 194 g/mol. The highest BCUT2D eigenvalue weighted by Gasteiger charge is 2.25. The highest BCUT2D eigenvalue weighted by Crippen LogP contribution is 1.97. The average molecular weight is 213 g/mol. The van der Waals surface area contributed by atoms with Crippen LogP contribution in [0.3, 0.4) is 0 Å². The zero-order chi connectivity index (χ0) is 11.3. The third kappa shape index (κ3) is 3.28. The molecule has 2 amide bonds. The Balaban J connectivity index is 2.41. The normalized spacial score (nSPS) is 17.7. The van der Waals surface area contributed by atoms with E-state index in [4.69, 9.17) is 0 Å². The van der Waals surface area contributed by atoms with Gasteiger partial charge in [0.05, 0.1) is 13.1 Å². The quantitative estimate of drug-likeness (QED) is 0.613. The Morgan fingerprint density at radius 3 is 2.20 bits per heavy atom. The molecule has 0 aromatic carbocycles. The van der Waals surface area contributed by atoms with E-state index in [1.165, 1.54) is 4.90 Å². The van der Waals surface area contributed by atoms with Crippen LogP contribution in [0, 0.1) is 0 Å². The van der Waals surface area contributed by atoms with E-state index < -0.39 is 0 Å². The number of nitrogens with zero attached hydrogens (tertiary/aromatic N) is 2. The van der Waals surface area contributed by atoms with Crippen molar-refractivity contribution in [1.82, 2.24) is 15.1 Å². The Kier molecular flexibility index (Phi) is 4.71. The van der Waals surface area contributed by atoms with Crippen LogP contribution in [0.15, 0.2) is 0 Å². The summed E-state index contributed by atoms with van der Waals surface area (Å²) in [5, 5.41) is 2.78. The molecule has 86 valence electrons. The van der Waals surface area contributed by atoms with E-state index in [1.807, 2.05) is 0 Å². The number of rotatable bonds is 5. The van der Waals surface area contributed by atoms with Crippen LogP contribution in [0.1, 0.15) is 13.8 Å². The number of hydrogen-bond donors (Lipinski definition) is 1. The Labute approximate surface area is 90.4 Å². The van der Waals surface area contributed by atoms with Gasteiger partial charge in [-0.1, -0.05) is 13.8 Å². The molecule has 1 rings (SSSR count). The fraction of sp³-hybridized carbons (Fsp3) is 0.800. The molecule has 1 N–H and O–H groups in total. The Morgan fingerprint density at radius 1 is 1.20 bits per heavy atom. The summed E-state index contributed by atoms with van der Waals surface area (Å²) in [6.07, 6.45) is 0. The number of amides is 2. The lowest BCUT2D eigenvalue weighted by Crippen LogP contribution is -2.53. The van der Waals surface area contributed by atoms with Gasteiger partial charge in [-0.25, -0.2) is 0 Å². The van der Waals surface area contributed by atoms with E-state index in [0.29, 0.717) is 6.54 Å². The van der Waals surface area contributed by atoms with E-state index in [0.717, 1.165) is 19.6 Å². The van der Waals surface area contributed by atoms with E-state index in [-0.39, 0.29) is 24.9 Å². The summed E-state index contributed by atoms with van der Waals surface area (Å²) in [7, 11) is 0. The molecule has 15 heavy (non-hydrogen) atoms. The number of imide groups is 1. The summed E-state index contributed by atoms with van der Waals surface area (Å²) in [4.78, 5) is 26.4. The van der Waals surface area contributed by atoms with Gasteiger partial charge in [0.15, 0.2) is 0 Å².